The first-order valence-corrected chi connectivity index (χ1v) is 8.26. The molecule has 128 valence electrons. The minimum atomic E-state index is -0.696. The molecule has 0 atom stereocenters. The molecule has 0 bridgehead atoms. The van der Waals surface area contributed by atoms with Crippen LogP contribution in [0.2, 0.25) is 10.2 Å². The number of rotatable bonds is 2. The molecule has 1 fully saturated rings. The van der Waals surface area contributed by atoms with Crippen LogP contribution in [0.3, 0.4) is 0 Å². The average Bonchev–Trinajstić information content (AvgIpc) is 3.20. The number of pyridine rings is 1. The standard InChI is InChI=1S/C16H16Cl2FN3O2/c1-16(2,3)24-15(23)22-7-9(12(21-22)8-4-5-8)13-10(17)6-11(19)14(18)20-13/h6-8H,4-5H2,1-3H3. The van der Waals surface area contributed by atoms with Gasteiger partial charge in [-0.3, -0.25) is 0 Å². The van der Waals surface area contributed by atoms with Gasteiger partial charge in [0, 0.05) is 17.7 Å². The lowest BCUT2D eigenvalue weighted by molar-refractivity contribution is 0.0514. The lowest BCUT2D eigenvalue weighted by Crippen LogP contribution is -2.27. The molecule has 0 aliphatic heterocycles. The van der Waals surface area contributed by atoms with Crippen molar-refractivity contribution < 1.29 is 13.9 Å². The molecule has 1 aliphatic carbocycles. The summed E-state index contributed by atoms with van der Waals surface area (Å²) in [4.78, 5) is 16.3. The maximum Gasteiger partial charge on any atom is 0.435 e. The van der Waals surface area contributed by atoms with Crippen molar-refractivity contribution in [1.82, 2.24) is 14.8 Å². The van der Waals surface area contributed by atoms with Crippen LogP contribution in [0.1, 0.15) is 45.2 Å². The second-order valence-electron chi connectivity index (χ2n) is 6.72. The van der Waals surface area contributed by atoms with E-state index in [1.165, 1.54) is 6.20 Å². The lowest BCUT2D eigenvalue weighted by Gasteiger charge is -2.18. The maximum absolute atomic E-state index is 13.5. The number of halogens is 3. The Morgan fingerprint density at radius 2 is 2.04 bits per heavy atom. The average molecular weight is 372 g/mol. The normalized spacial score (nSPS) is 14.8. The number of nitrogens with zero attached hydrogens (tertiary/aromatic N) is 3. The Kier molecular flexibility index (Phi) is 4.30. The number of hydrogen-bond donors (Lipinski definition) is 0. The number of carbonyl (C=O) groups is 1. The summed E-state index contributed by atoms with van der Waals surface area (Å²) >= 11 is 11.9. The van der Waals surface area contributed by atoms with E-state index in [4.69, 9.17) is 27.9 Å². The fourth-order valence-electron chi connectivity index (χ4n) is 2.26. The zero-order valence-electron chi connectivity index (χ0n) is 13.4. The van der Waals surface area contributed by atoms with Crippen LogP contribution in [0, 0.1) is 5.82 Å². The zero-order valence-corrected chi connectivity index (χ0v) is 15.0. The second kappa shape index (κ2) is 6.01. The summed E-state index contributed by atoms with van der Waals surface area (Å²) in [6.07, 6.45) is 2.83. The van der Waals surface area contributed by atoms with Crippen LogP contribution in [0.15, 0.2) is 12.3 Å². The van der Waals surface area contributed by atoms with Crippen molar-refractivity contribution >= 4 is 29.3 Å². The van der Waals surface area contributed by atoms with Gasteiger partial charge in [-0.25, -0.2) is 14.2 Å². The number of aromatic nitrogens is 3. The van der Waals surface area contributed by atoms with Gasteiger partial charge in [0.25, 0.3) is 0 Å². The third-order valence-electron chi connectivity index (χ3n) is 3.43. The van der Waals surface area contributed by atoms with E-state index in [0.717, 1.165) is 23.6 Å². The molecule has 0 aromatic carbocycles. The topological polar surface area (TPSA) is 57.0 Å². The van der Waals surface area contributed by atoms with Gasteiger partial charge in [0.15, 0.2) is 11.0 Å². The second-order valence-corrected chi connectivity index (χ2v) is 7.48. The Morgan fingerprint density at radius 3 is 2.62 bits per heavy atom. The van der Waals surface area contributed by atoms with Crippen LogP contribution in [0.4, 0.5) is 9.18 Å². The Morgan fingerprint density at radius 1 is 1.38 bits per heavy atom. The Bertz CT molecular complexity index is 810. The van der Waals surface area contributed by atoms with E-state index in [2.05, 4.69) is 10.1 Å². The van der Waals surface area contributed by atoms with Gasteiger partial charge in [-0.2, -0.15) is 9.78 Å². The minimum absolute atomic E-state index is 0.113. The minimum Gasteiger partial charge on any atom is -0.442 e. The van der Waals surface area contributed by atoms with Crippen LogP contribution in [-0.4, -0.2) is 26.5 Å². The zero-order chi connectivity index (χ0) is 17.6. The fourth-order valence-corrected chi connectivity index (χ4v) is 2.64. The quantitative estimate of drug-likeness (QED) is 0.692. The van der Waals surface area contributed by atoms with Gasteiger partial charge < -0.3 is 4.74 Å². The van der Waals surface area contributed by atoms with E-state index in [1.807, 2.05) is 0 Å². The molecule has 0 spiro atoms. The summed E-state index contributed by atoms with van der Waals surface area (Å²) < 4.78 is 19.9. The first-order chi connectivity index (χ1) is 11.2. The highest BCUT2D eigenvalue weighted by Crippen LogP contribution is 2.44. The van der Waals surface area contributed by atoms with Gasteiger partial charge >= 0.3 is 6.09 Å². The van der Waals surface area contributed by atoms with Gasteiger partial charge in [-0.1, -0.05) is 23.2 Å². The smallest absolute Gasteiger partial charge is 0.435 e. The van der Waals surface area contributed by atoms with E-state index in [0.29, 0.717) is 17.0 Å². The number of hydrogen-bond acceptors (Lipinski definition) is 4. The van der Waals surface area contributed by atoms with Crippen molar-refractivity contribution in [1.29, 1.82) is 0 Å². The van der Waals surface area contributed by atoms with E-state index >= 15 is 0 Å². The van der Waals surface area contributed by atoms with Crippen molar-refractivity contribution in [3.8, 4) is 11.3 Å². The van der Waals surface area contributed by atoms with E-state index < -0.39 is 17.5 Å². The highest BCUT2D eigenvalue weighted by Gasteiger charge is 2.32. The molecule has 0 N–H and O–H groups in total. The van der Waals surface area contributed by atoms with Crippen LogP contribution >= 0.6 is 23.2 Å². The monoisotopic (exact) mass is 371 g/mol. The molecule has 1 aliphatic rings. The molecule has 0 saturated heterocycles. The fraction of sp³-hybridized carbons (Fsp3) is 0.438. The Labute approximate surface area is 148 Å². The molecule has 3 rings (SSSR count). The van der Waals surface area contributed by atoms with Crippen molar-refractivity contribution in [2.45, 2.75) is 45.1 Å². The van der Waals surface area contributed by atoms with Crippen LogP contribution in [0.5, 0.6) is 0 Å². The summed E-state index contributed by atoms with van der Waals surface area (Å²) in [7, 11) is 0. The Balaban J connectivity index is 2.05. The summed E-state index contributed by atoms with van der Waals surface area (Å²) in [5, 5.41) is 4.17. The highest BCUT2D eigenvalue weighted by molar-refractivity contribution is 6.34. The molecule has 8 heteroatoms. The first kappa shape index (κ1) is 17.2. The molecule has 0 unspecified atom stereocenters. The molecular formula is C16H16Cl2FN3O2. The van der Waals surface area contributed by atoms with Crippen molar-refractivity contribution in [2.24, 2.45) is 0 Å². The van der Waals surface area contributed by atoms with E-state index in [-0.39, 0.29) is 16.1 Å². The third-order valence-corrected chi connectivity index (χ3v) is 3.98. The predicted molar refractivity (Wildman–Crippen MR) is 89.0 cm³/mol. The molecule has 1 saturated carbocycles. The molecule has 0 radical (unpaired) electrons. The summed E-state index contributed by atoms with van der Waals surface area (Å²) in [5.41, 5.74) is 0.922. The molecule has 24 heavy (non-hydrogen) atoms. The molecule has 5 nitrogen and oxygen atoms in total. The van der Waals surface area contributed by atoms with Gasteiger partial charge in [0.2, 0.25) is 0 Å². The van der Waals surface area contributed by atoms with Crippen LogP contribution in [0.25, 0.3) is 11.3 Å². The number of carbonyl (C=O) groups excluding carboxylic acids is 1. The predicted octanol–water partition coefficient (Wildman–Crippen LogP) is 5.05. The van der Waals surface area contributed by atoms with Crippen molar-refractivity contribution in [3.63, 3.8) is 0 Å². The van der Waals surface area contributed by atoms with E-state index in [1.54, 1.807) is 20.8 Å². The summed E-state index contributed by atoms with van der Waals surface area (Å²) in [6.45, 7) is 5.32. The maximum atomic E-state index is 13.5. The summed E-state index contributed by atoms with van der Waals surface area (Å²) in [5.74, 6) is -0.469. The SMILES string of the molecule is CC(C)(C)OC(=O)n1cc(-c2nc(Cl)c(F)cc2Cl)c(C2CC2)n1. The van der Waals surface area contributed by atoms with Gasteiger partial charge in [-0.05, 0) is 39.7 Å². The largest absolute Gasteiger partial charge is 0.442 e. The molecule has 2 heterocycles. The molecular weight excluding hydrogens is 356 g/mol. The molecule has 2 aromatic heterocycles. The first-order valence-electron chi connectivity index (χ1n) is 7.50. The third kappa shape index (κ3) is 3.54. The van der Waals surface area contributed by atoms with Crippen LogP contribution < -0.4 is 0 Å². The van der Waals surface area contributed by atoms with Gasteiger partial charge in [0.1, 0.15) is 5.60 Å². The summed E-state index contributed by atoms with van der Waals surface area (Å²) in [6, 6.07) is 1.10. The highest BCUT2D eigenvalue weighted by atomic mass is 35.5. The Hall–Kier alpha value is -1.66. The van der Waals surface area contributed by atoms with E-state index in [9.17, 15) is 9.18 Å². The van der Waals surface area contributed by atoms with Crippen molar-refractivity contribution in [2.75, 3.05) is 0 Å². The number of ether oxygens (including phenoxy) is 1. The van der Waals surface area contributed by atoms with Crippen LogP contribution in [-0.2, 0) is 4.74 Å². The molecule has 2 aromatic rings. The lowest BCUT2D eigenvalue weighted by atomic mass is 10.1. The van der Waals surface area contributed by atoms with Crippen molar-refractivity contribution in [3.05, 3.63) is 34.0 Å². The van der Waals surface area contributed by atoms with Gasteiger partial charge in [0.05, 0.1) is 16.4 Å². The molecule has 0 amide bonds. The van der Waals surface area contributed by atoms with Gasteiger partial charge in [-0.15, -0.1) is 0 Å².